The summed E-state index contributed by atoms with van der Waals surface area (Å²) in [5.74, 6) is 0.702. The van der Waals surface area contributed by atoms with E-state index in [9.17, 15) is 4.79 Å². The van der Waals surface area contributed by atoms with Crippen molar-refractivity contribution in [3.63, 3.8) is 0 Å². The van der Waals surface area contributed by atoms with E-state index in [1.807, 2.05) is 6.07 Å². The zero-order valence-electron chi connectivity index (χ0n) is 11.2. The number of carbonyl (C=O) groups excluding carboxylic acids is 1. The van der Waals surface area contributed by atoms with Crippen molar-refractivity contribution >= 4 is 5.97 Å². The molecule has 3 rings (SSSR count). The van der Waals surface area contributed by atoms with Gasteiger partial charge in [0.1, 0.15) is 5.76 Å². The first-order valence-electron chi connectivity index (χ1n) is 6.90. The molecule has 0 spiro atoms. The maximum Gasteiger partial charge on any atom is 0.373 e. The molecule has 2 unspecified atom stereocenters. The van der Waals surface area contributed by atoms with Gasteiger partial charge < -0.3 is 14.5 Å². The van der Waals surface area contributed by atoms with Crippen molar-refractivity contribution in [1.29, 1.82) is 0 Å². The van der Waals surface area contributed by atoms with Crippen LogP contribution in [0.25, 0.3) is 0 Å². The molecule has 3 heterocycles. The van der Waals surface area contributed by atoms with Crippen LogP contribution in [0.1, 0.15) is 35.6 Å². The van der Waals surface area contributed by atoms with E-state index in [1.54, 1.807) is 6.07 Å². The van der Waals surface area contributed by atoms with Crippen LogP contribution in [0.5, 0.6) is 0 Å². The Labute approximate surface area is 112 Å². The van der Waals surface area contributed by atoms with E-state index >= 15 is 0 Å². The van der Waals surface area contributed by atoms with Crippen LogP contribution in [0.2, 0.25) is 0 Å². The highest BCUT2D eigenvalue weighted by molar-refractivity contribution is 5.86. The molecule has 5 heteroatoms. The van der Waals surface area contributed by atoms with Crippen molar-refractivity contribution in [2.24, 2.45) is 0 Å². The molecule has 104 valence electrons. The molecule has 0 radical (unpaired) electrons. The first kappa shape index (κ1) is 12.7. The van der Waals surface area contributed by atoms with Gasteiger partial charge in [-0.15, -0.1) is 0 Å². The Kier molecular flexibility index (Phi) is 3.57. The van der Waals surface area contributed by atoms with Gasteiger partial charge >= 0.3 is 5.97 Å². The number of likely N-dealkylation sites (tertiary alicyclic amines) is 1. The highest BCUT2D eigenvalue weighted by atomic mass is 16.5. The Morgan fingerprint density at radius 1 is 1.42 bits per heavy atom. The van der Waals surface area contributed by atoms with E-state index in [0.29, 0.717) is 12.1 Å². The van der Waals surface area contributed by atoms with Crippen LogP contribution in [0.15, 0.2) is 16.5 Å². The van der Waals surface area contributed by atoms with E-state index in [-0.39, 0.29) is 5.76 Å². The minimum atomic E-state index is -0.414. The van der Waals surface area contributed by atoms with Crippen molar-refractivity contribution in [1.82, 2.24) is 10.2 Å². The molecule has 1 aromatic heterocycles. The van der Waals surface area contributed by atoms with E-state index in [4.69, 9.17) is 4.42 Å². The summed E-state index contributed by atoms with van der Waals surface area (Å²) in [6.07, 6.45) is 3.78. The molecule has 2 saturated heterocycles. The molecule has 2 bridgehead atoms. The third-order valence-corrected chi connectivity index (χ3v) is 4.04. The van der Waals surface area contributed by atoms with Crippen LogP contribution in [-0.4, -0.2) is 43.2 Å². The zero-order valence-corrected chi connectivity index (χ0v) is 11.2. The lowest BCUT2D eigenvalue weighted by Gasteiger charge is -2.22. The molecule has 2 atom stereocenters. The number of carbonyl (C=O) groups is 1. The second-order valence-corrected chi connectivity index (χ2v) is 5.42. The summed E-state index contributed by atoms with van der Waals surface area (Å²) in [6, 6.07) is 4.85. The SMILES string of the molecule is COC(=O)c1ccc(CN2CCC3CCC(C2)N3)o1. The maximum atomic E-state index is 11.3. The van der Waals surface area contributed by atoms with Gasteiger partial charge in [-0.2, -0.15) is 0 Å². The summed E-state index contributed by atoms with van der Waals surface area (Å²) in [7, 11) is 1.36. The lowest BCUT2D eigenvalue weighted by atomic mass is 10.1. The molecular weight excluding hydrogens is 244 g/mol. The van der Waals surface area contributed by atoms with E-state index in [0.717, 1.165) is 25.4 Å². The Bertz CT molecular complexity index is 457. The molecule has 0 amide bonds. The number of nitrogens with one attached hydrogen (secondary N) is 1. The number of nitrogens with zero attached hydrogens (tertiary/aromatic N) is 1. The molecule has 1 aromatic rings. The van der Waals surface area contributed by atoms with E-state index in [1.165, 1.54) is 26.4 Å². The molecular formula is C14H20N2O3. The first-order valence-corrected chi connectivity index (χ1v) is 6.90. The maximum absolute atomic E-state index is 11.3. The number of fused-ring (bicyclic) bond motifs is 2. The molecule has 2 aliphatic heterocycles. The molecule has 2 aliphatic rings. The average molecular weight is 264 g/mol. The van der Waals surface area contributed by atoms with Crippen molar-refractivity contribution in [2.45, 2.75) is 37.9 Å². The fourth-order valence-electron chi connectivity index (χ4n) is 3.05. The van der Waals surface area contributed by atoms with Gasteiger partial charge in [0.2, 0.25) is 5.76 Å². The summed E-state index contributed by atoms with van der Waals surface area (Å²) in [5, 5.41) is 3.65. The van der Waals surface area contributed by atoms with Crippen LogP contribution < -0.4 is 5.32 Å². The predicted octanol–water partition coefficient (Wildman–Crippen LogP) is 1.39. The van der Waals surface area contributed by atoms with E-state index in [2.05, 4.69) is 15.0 Å². The quantitative estimate of drug-likeness (QED) is 0.836. The third-order valence-electron chi connectivity index (χ3n) is 4.04. The van der Waals surface area contributed by atoms with Crippen LogP contribution >= 0.6 is 0 Å². The summed E-state index contributed by atoms with van der Waals surface area (Å²) >= 11 is 0. The number of rotatable bonds is 3. The van der Waals surface area contributed by atoms with Crippen LogP contribution in [0.4, 0.5) is 0 Å². The fraction of sp³-hybridized carbons (Fsp3) is 0.643. The Morgan fingerprint density at radius 2 is 2.26 bits per heavy atom. The van der Waals surface area contributed by atoms with Crippen LogP contribution in [0, 0.1) is 0 Å². The van der Waals surface area contributed by atoms with Crippen LogP contribution in [-0.2, 0) is 11.3 Å². The molecule has 1 N–H and O–H groups in total. The van der Waals surface area contributed by atoms with Crippen molar-refractivity contribution in [2.75, 3.05) is 20.2 Å². The average Bonchev–Trinajstić information content (AvgIpc) is 2.98. The Balaban J connectivity index is 1.61. The van der Waals surface area contributed by atoms with Gasteiger partial charge in [0, 0.05) is 25.2 Å². The standard InChI is InChI=1S/C14H20N2O3/c1-18-14(17)13-5-4-12(19-13)9-16-7-6-10-2-3-11(8-16)15-10/h4-5,10-11,15H,2-3,6-9H2,1H3. The highest BCUT2D eigenvalue weighted by Gasteiger charge is 2.29. The number of hydrogen-bond donors (Lipinski definition) is 1. The number of esters is 1. The third kappa shape index (κ3) is 2.82. The van der Waals surface area contributed by atoms with Crippen molar-refractivity contribution in [3.8, 4) is 0 Å². The molecule has 0 saturated carbocycles. The minimum absolute atomic E-state index is 0.284. The predicted molar refractivity (Wildman–Crippen MR) is 69.9 cm³/mol. The van der Waals surface area contributed by atoms with Gasteiger partial charge in [0.25, 0.3) is 0 Å². The Morgan fingerprint density at radius 3 is 3.11 bits per heavy atom. The van der Waals surface area contributed by atoms with Gasteiger partial charge in [-0.25, -0.2) is 4.79 Å². The van der Waals surface area contributed by atoms with Gasteiger partial charge in [0.05, 0.1) is 13.7 Å². The largest absolute Gasteiger partial charge is 0.463 e. The number of methoxy groups -OCH3 is 1. The van der Waals surface area contributed by atoms with Crippen molar-refractivity contribution < 1.29 is 13.9 Å². The monoisotopic (exact) mass is 264 g/mol. The van der Waals surface area contributed by atoms with Gasteiger partial charge in [0.15, 0.2) is 0 Å². The Hall–Kier alpha value is -1.33. The number of furan rings is 1. The normalized spacial score (nSPS) is 27.2. The van der Waals surface area contributed by atoms with Gasteiger partial charge in [-0.1, -0.05) is 0 Å². The molecule has 5 nitrogen and oxygen atoms in total. The van der Waals surface area contributed by atoms with Gasteiger partial charge in [-0.05, 0) is 31.4 Å². The number of ether oxygens (including phenoxy) is 1. The summed E-state index contributed by atoms with van der Waals surface area (Å²) < 4.78 is 10.2. The van der Waals surface area contributed by atoms with Crippen LogP contribution in [0.3, 0.4) is 0 Å². The lowest BCUT2D eigenvalue weighted by Crippen LogP contribution is -2.34. The summed E-state index contributed by atoms with van der Waals surface area (Å²) in [6.45, 7) is 2.91. The van der Waals surface area contributed by atoms with Crippen molar-refractivity contribution in [3.05, 3.63) is 23.7 Å². The second-order valence-electron chi connectivity index (χ2n) is 5.42. The molecule has 2 fully saturated rings. The molecule has 0 aliphatic carbocycles. The topological polar surface area (TPSA) is 54.7 Å². The summed E-state index contributed by atoms with van der Waals surface area (Å²) in [4.78, 5) is 13.7. The molecule has 19 heavy (non-hydrogen) atoms. The first-order chi connectivity index (χ1) is 9.24. The molecule has 0 aromatic carbocycles. The minimum Gasteiger partial charge on any atom is -0.463 e. The van der Waals surface area contributed by atoms with E-state index < -0.39 is 5.97 Å². The highest BCUT2D eigenvalue weighted by Crippen LogP contribution is 2.22. The lowest BCUT2D eigenvalue weighted by molar-refractivity contribution is 0.0561. The zero-order chi connectivity index (χ0) is 13.2. The summed E-state index contributed by atoms with van der Waals surface area (Å²) in [5.41, 5.74) is 0. The fourth-order valence-corrected chi connectivity index (χ4v) is 3.05. The second kappa shape index (κ2) is 5.35. The van der Waals surface area contributed by atoms with Gasteiger partial charge in [-0.3, -0.25) is 4.90 Å². The smallest absolute Gasteiger partial charge is 0.373 e. The number of hydrogen-bond acceptors (Lipinski definition) is 5.